The summed E-state index contributed by atoms with van der Waals surface area (Å²) in [5.74, 6) is -0.972. The summed E-state index contributed by atoms with van der Waals surface area (Å²) in [7, 11) is 0. The lowest BCUT2D eigenvalue weighted by Gasteiger charge is -2.28. The molecule has 0 aromatic heterocycles. The van der Waals surface area contributed by atoms with Crippen LogP contribution >= 0.6 is 0 Å². The van der Waals surface area contributed by atoms with Crippen LogP contribution in [-0.4, -0.2) is 36.7 Å². The van der Waals surface area contributed by atoms with Crippen molar-refractivity contribution in [1.29, 1.82) is 0 Å². The molecule has 6 heteroatoms. The third-order valence-electron chi connectivity index (χ3n) is 8.28. The summed E-state index contributed by atoms with van der Waals surface area (Å²) in [4.78, 5) is 52.3. The van der Waals surface area contributed by atoms with Crippen LogP contribution in [0.25, 0.3) is 0 Å². The van der Waals surface area contributed by atoms with E-state index in [1.807, 2.05) is 39.8 Å². The minimum atomic E-state index is -0.583. The third kappa shape index (κ3) is 8.39. The van der Waals surface area contributed by atoms with E-state index in [4.69, 9.17) is 9.47 Å². The van der Waals surface area contributed by atoms with Crippen molar-refractivity contribution in [1.82, 2.24) is 0 Å². The molecule has 0 N–H and O–H groups in total. The second-order valence-electron chi connectivity index (χ2n) is 12.9. The maximum absolute atomic E-state index is 13.8. The molecule has 2 aromatic carbocycles. The molecule has 3 rings (SSSR count). The van der Waals surface area contributed by atoms with Crippen LogP contribution < -0.4 is 0 Å². The molecular formula is C36H48O6. The van der Waals surface area contributed by atoms with Crippen LogP contribution in [0.4, 0.5) is 0 Å². The van der Waals surface area contributed by atoms with Crippen molar-refractivity contribution in [2.24, 2.45) is 0 Å². The van der Waals surface area contributed by atoms with Crippen molar-refractivity contribution in [3.8, 4) is 0 Å². The molecular weight excluding hydrogens is 528 g/mol. The number of benzene rings is 2. The molecule has 6 nitrogen and oxygen atoms in total. The van der Waals surface area contributed by atoms with Gasteiger partial charge in [-0.2, -0.15) is 0 Å². The van der Waals surface area contributed by atoms with Crippen molar-refractivity contribution < 1.29 is 28.7 Å². The first-order valence-corrected chi connectivity index (χ1v) is 15.6. The van der Waals surface area contributed by atoms with Gasteiger partial charge in [-0.3, -0.25) is 19.2 Å². The number of unbranched alkanes of at least 4 members (excludes halogenated alkanes) is 6. The summed E-state index contributed by atoms with van der Waals surface area (Å²) in [6.45, 7) is 12.9. The number of esters is 2. The number of hydrogen-bond donors (Lipinski definition) is 0. The van der Waals surface area contributed by atoms with E-state index in [9.17, 15) is 19.2 Å². The van der Waals surface area contributed by atoms with Crippen molar-refractivity contribution in [2.45, 2.75) is 117 Å². The van der Waals surface area contributed by atoms with E-state index in [1.54, 1.807) is 24.3 Å². The second kappa shape index (κ2) is 14.8. The zero-order valence-electron chi connectivity index (χ0n) is 26.4. The monoisotopic (exact) mass is 576 g/mol. The van der Waals surface area contributed by atoms with E-state index in [0.29, 0.717) is 35.5 Å². The summed E-state index contributed by atoms with van der Waals surface area (Å²) in [5, 5.41) is 0. The molecule has 0 bridgehead atoms. The molecule has 0 heterocycles. The average Bonchev–Trinajstić information content (AvgIpc) is 2.94. The predicted molar refractivity (Wildman–Crippen MR) is 165 cm³/mol. The molecule has 0 saturated carbocycles. The summed E-state index contributed by atoms with van der Waals surface area (Å²) >= 11 is 0. The lowest BCUT2D eigenvalue weighted by atomic mass is 9.75. The number of ether oxygens (including phenoxy) is 2. The minimum absolute atomic E-state index is 0.172. The molecule has 228 valence electrons. The molecule has 0 spiro atoms. The minimum Gasteiger partial charge on any atom is -0.466 e. The van der Waals surface area contributed by atoms with Crippen molar-refractivity contribution in [3.05, 3.63) is 69.8 Å². The molecule has 0 atom stereocenters. The number of rotatable bonds is 16. The van der Waals surface area contributed by atoms with Gasteiger partial charge in [-0.25, -0.2) is 0 Å². The molecule has 1 aliphatic rings. The third-order valence-corrected chi connectivity index (χ3v) is 8.28. The Labute approximate surface area is 251 Å². The largest absolute Gasteiger partial charge is 0.466 e. The van der Waals surface area contributed by atoms with Gasteiger partial charge in [-0.05, 0) is 48.2 Å². The van der Waals surface area contributed by atoms with Gasteiger partial charge in [0, 0.05) is 33.1 Å². The molecule has 0 radical (unpaired) electrons. The van der Waals surface area contributed by atoms with E-state index < -0.39 is 10.8 Å². The summed E-state index contributed by atoms with van der Waals surface area (Å²) < 4.78 is 10.9. The molecule has 0 fully saturated rings. The zero-order valence-corrected chi connectivity index (χ0v) is 26.4. The Balaban J connectivity index is 1.75. The Morgan fingerprint density at radius 2 is 0.952 bits per heavy atom. The highest BCUT2D eigenvalue weighted by molar-refractivity contribution is 6.28. The fourth-order valence-corrected chi connectivity index (χ4v) is 5.45. The van der Waals surface area contributed by atoms with E-state index in [2.05, 4.69) is 13.8 Å². The Bertz CT molecular complexity index is 1190. The molecule has 2 aromatic rings. The van der Waals surface area contributed by atoms with Gasteiger partial charge in [0.25, 0.3) is 0 Å². The highest BCUT2D eigenvalue weighted by atomic mass is 16.5. The zero-order chi connectivity index (χ0) is 30.9. The van der Waals surface area contributed by atoms with Gasteiger partial charge in [-0.15, -0.1) is 0 Å². The van der Waals surface area contributed by atoms with Gasteiger partial charge in [0.05, 0.1) is 26.1 Å². The Kier molecular flexibility index (Phi) is 11.7. The average molecular weight is 577 g/mol. The van der Waals surface area contributed by atoms with Gasteiger partial charge in [0.1, 0.15) is 0 Å². The Morgan fingerprint density at radius 1 is 0.571 bits per heavy atom. The Hall–Kier alpha value is -3.28. The number of carbonyl (C=O) groups is 4. The molecule has 0 amide bonds. The van der Waals surface area contributed by atoms with Gasteiger partial charge in [0.15, 0.2) is 11.6 Å². The smallest absolute Gasteiger partial charge is 0.306 e. The highest BCUT2D eigenvalue weighted by Crippen LogP contribution is 2.36. The molecule has 0 aliphatic heterocycles. The Morgan fingerprint density at radius 3 is 1.33 bits per heavy atom. The number of ketones is 2. The summed E-state index contributed by atoms with van der Waals surface area (Å²) in [5.41, 5.74) is 1.84. The van der Waals surface area contributed by atoms with Crippen molar-refractivity contribution in [3.63, 3.8) is 0 Å². The molecule has 0 unspecified atom stereocenters. The fraction of sp³-hybridized carbons (Fsp3) is 0.556. The fourth-order valence-electron chi connectivity index (χ4n) is 5.45. The van der Waals surface area contributed by atoms with Crippen LogP contribution in [-0.2, 0) is 29.9 Å². The summed E-state index contributed by atoms with van der Waals surface area (Å²) in [6, 6.07) is 10.5. The van der Waals surface area contributed by atoms with Gasteiger partial charge in [-0.1, -0.05) is 92.2 Å². The van der Waals surface area contributed by atoms with E-state index >= 15 is 0 Å². The first-order chi connectivity index (χ1) is 19.9. The van der Waals surface area contributed by atoms with Crippen LogP contribution in [0.15, 0.2) is 36.4 Å². The van der Waals surface area contributed by atoms with E-state index in [0.717, 1.165) is 62.5 Å². The maximum atomic E-state index is 13.8. The van der Waals surface area contributed by atoms with Crippen LogP contribution in [0.2, 0.25) is 0 Å². The van der Waals surface area contributed by atoms with Gasteiger partial charge >= 0.3 is 11.9 Å². The first-order valence-electron chi connectivity index (χ1n) is 15.6. The predicted octanol–water partition coefficient (Wildman–Crippen LogP) is 8.04. The van der Waals surface area contributed by atoms with Crippen LogP contribution in [0.1, 0.15) is 149 Å². The second-order valence-corrected chi connectivity index (χ2v) is 12.9. The van der Waals surface area contributed by atoms with E-state index in [1.165, 1.54) is 0 Å². The molecule has 1 aliphatic carbocycles. The molecule has 0 saturated heterocycles. The SMILES string of the molecule is CCCCCCOC(=O)CC(C)(C)c1ccc2c(c1)C(=O)c1cc(C(C)(C)CC(=O)OCCCCCC)ccc1C2=O. The normalized spacial score (nSPS) is 13.0. The van der Waals surface area contributed by atoms with E-state index in [-0.39, 0.29) is 36.3 Å². The quantitative estimate of drug-likeness (QED) is 0.127. The van der Waals surface area contributed by atoms with Crippen molar-refractivity contribution in [2.75, 3.05) is 13.2 Å². The van der Waals surface area contributed by atoms with Crippen LogP contribution in [0.5, 0.6) is 0 Å². The van der Waals surface area contributed by atoms with Gasteiger partial charge in [0.2, 0.25) is 0 Å². The van der Waals surface area contributed by atoms with Crippen molar-refractivity contribution >= 4 is 23.5 Å². The first kappa shape index (κ1) is 33.2. The van der Waals surface area contributed by atoms with Crippen LogP contribution in [0, 0.1) is 0 Å². The number of fused-ring (bicyclic) bond motifs is 2. The maximum Gasteiger partial charge on any atom is 0.306 e. The van der Waals surface area contributed by atoms with Gasteiger partial charge < -0.3 is 9.47 Å². The highest BCUT2D eigenvalue weighted by Gasteiger charge is 2.34. The number of hydrogen-bond acceptors (Lipinski definition) is 6. The standard InChI is InChI=1S/C36H48O6/c1-7-9-11-13-19-41-31(37)23-35(3,4)25-15-17-27-29(21-25)34(40)30-22-26(16-18-28(30)33(27)39)36(5,6)24-32(38)42-20-14-12-10-8-2/h15-18,21-22H,7-14,19-20,23-24H2,1-6H3. The summed E-state index contributed by atoms with van der Waals surface area (Å²) in [6.07, 6.45) is 8.63. The molecule has 42 heavy (non-hydrogen) atoms. The number of carbonyl (C=O) groups excluding carboxylic acids is 4. The lowest BCUT2D eigenvalue weighted by Crippen LogP contribution is -2.27. The topological polar surface area (TPSA) is 86.7 Å². The lowest BCUT2D eigenvalue weighted by molar-refractivity contribution is -0.146. The van der Waals surface area contributed by atoms with Crippen LogP contribution in [0.3, 0.4) is 0 Å².